The summed E-state index contributed by atoms with van der Waals surface area (Å²) < 4.78 is 20.8. The van der Waals surface area contributed by atoms with Gasteiger partial charge in [0.25, 0.3) is 16.8 Å². The van der Waals surface area contributed by atoms with Crippen molar-refractivity contribution < 1.29 is 13.6 Å². The molecule has 2 heterocycles. The number of anilines is 3. The first-order valence-electron chi connectivity index (χ1n) is 10.9. The molecule has 0 saturated carbocycles. The molecule has 0 unspecified atom stereocenters. The Balaban J connectivity index is 1.76. The monoisotopic (exact) mass is 453 g/mol. The molecule has 33 heavy (non-hydrogen) atoms. The van der Waals surface area contributed by atoms with E-state index < -0.39 is 28.6 Å². The molecule has 1 amide bonds. The number of hydrogen-bond acceptors (Lipinski definition) is 6. The van der Waals surface area contributed by atoms with Crippen LogP contribution in [0.3, 0.4) is 0 Å². The Morgan fingerprint density at radius 1 is 1.00 bits per heavy atom. The number of benzene rings is 1. The number of aryl methyl sites for hydroxylation is 3. The summed E-state index contributed by atoms with van der Waals surface area (Å²) in [6, 6.07) is 2.51. The van der Waals surface area contributed by atoms with Gasteiger partial charge in [-0.25, -0.2) is 4.39 Å². The lowest BCUT2D eigenvalue weighted by Gasteiger charge is -2.31. The second kappa shape index (κ2) is 7.57. The van der Waals surface area contributed by atoms with Gasteiger partial charge in [-0.2, -0.15) is 0 Å². The third-order valence-corrected chi connectivity index (χ3v) is 6.32. The molecule has 0 radical (unpaired) electrons. The van der Waals surface area contributed by atoms with Crippen LogP contribution < -0.4 is 26.8 Å². The van der Waals surface area contributed by atoms with Gasteiger partial charge in [0, 0.05) is 0 Å². The maximum Gasteiger partial charge on any atom is 0.254 e. The van der Waals surface area contributed by atoms with Crippen LogP contribution in [0, 0.1) is 32.0 Å². The lowest BCUT2D eigenvalue weighted by atomic mass is 9.84. The minimum atomic E-state index is -0.767. The van der Waals surface area contributed by atoms with E-state index in [-0.39, 0.29) is 34.1 Å². The number of rotatable bonds is 5. The third-order valence-electron chi connectivity index (χ3n) is 6.32. The summed E-state index contributed by atoms with van der Waals surface area (Å²) >= 11 is 0. The van der Waals surface area contributed by atoms with Crippen molar-refractivity contribution in [1.29, 1.82) is 0 Å². The Morgan fingerprint density at radius 2 is 1.64 bits per heavy atom. The van der Waals surface area contributed by atoms with Crippen LogP contribution in [0.4, 0.5) is 21.5 Å². The first-order valence-corrected chi connectivity index (χ1v) is 10.9. The summed E-state index contributed by atoms with van der Waals surface area (Å²) in [7, 11) is 0. The fraction of sp³-hybridized carbons (Fsp3) is 0.400. The summed E-state index contributed by atoms with van der Waals surface area (Å²) in [5, 5.41) is 8.68. The molecule has 2 aromatic carbocycles. The van der Waals surface area contributed by atoms with Crippen LogP contribution in [-0.2, 0) is 0 Å². The van der Waals surface area contributed by atoms with Crippen molar-refractivity contribution in [2.24, 2.45) is 5.41 Å². The van der Waals surface area contributed by atoms with E-state index >= 15 is 0 Å². The minimum Gasteiger partial charge on any atom is -0.464 e. The first kappa shape index (κ1) is 22.8. The number of carbonyl (C=O) groups is 1. The topological polar surface area (TPSA) is 100 Å². The quantitative estimate of drug-likeness (QED) is 0.485. The average molecular weight is 454 g/mol. The number of furan rings is 1. The average Bonchev–Trinajstić information content (AvgIpc) is 3.19. The van der Waals surface area contributed by atoms with Gasteiger partial charge >= 0.3 is 0 Å². The van der Waals surface area contributed by atoms with Crippen molar-refractivity contribution in [2.75, 3.05) is 10.6 Å². The van der Waals surface area contributed by atoms with Crippen molar-refractivity contribution in [3.05, 3.63) is 72.2 Å². The zero-order valence-electron chi connectivity index (χ0n) is 19.8. The van der Waals surface area contributed by atoms with E-state index in [1.807, 2.05) is 47.6 Å². The normalized spacial score (nSPS) is 16.6. The van der Waals surface area contributed by atoms with E-state index in [1.165, 1.54) is 6.07 Å². The highest BCUT2D eigenvalue weighted by Crippen LogP contribution is 2.40. The van der Waals surface area contributed by atoms with Gasteiger partial charge in [0.05, 0.1) is 23.3 Å². The van der Waals surface area contributed by atoms with Gasteiger partial charge in [-0.1, -0.05) is 20.8 Å². The minimum absolute atomic E-state index is 0.0480. The van der Waals surface area contributed by atoms with Crippen LogP contribution in [0.15, 0.2) is 26.1 Å². The zero-order chi connectivity index (χ0) is 24.4. The molecular weight excluding hydrogens is 425 g/mol. The highest BCUT2D eigenvalue weighted by Gasteiger charge is 2.36. The molecule has 1 aliphatic rings. The van der Waals surface area contributed by atoms with Crippen LogP contribution in [0.25, 0.3) is 0 Å². The van der Waals surface area contributed by atoms with Crippen molar-refractivity contribution >= 4 is 23.0 Å². The van der Waals surface area contributed by atoms with E-state index in [4.69, 9.17) is 4.42 Å². The van der Waals surface area contributed by atoms with Crippen LogP contribution in [0.5, 0.6) is 0 Å². The molecule has 8 heteroatoms. The van der Waals surface area contributed by atoms with Crippen LogP contribution >= 0.6 is 0 Å². The van der Waals surface area contributed by atoms with Gasteiger partial charge in [0.2, 0.25) is 0 Å². The summed E-state index contributed by atoms with van der Waals surface area (Å²) in [5.41, 5.74) is 0.475. The number of halogens is 1. The predicted molar refractivity (Wildman–Crippen MR) is 126 cm³/mol. The van der Waals surface area contributed by atoms with Gasteiger partial charge in [0.1, 0.15) is 28.7 Å². The van der Waals surface area contributed by atoms with E-state index in [0.29, 0.717) is 16.9 Å². The second-order valence-corrected chi connectivity index (χ2v) is 9.90. The molecule has 1 aliphatic heterocycles. The van der Waals surface area contributed by atoms with Crippen LogP contribution in [0.2, 0.25) is 0 Å². The van der Waals surface area contributed by atoms with Gasteiger partial charge in [-0.05, 0) is 61.9 Å². The van der Waals surface area contributed by atoms with Gasteiger partial charge in [-0.3, -0.25) is 14.4 Å². The Labute approximate surface area is 191 Å². The summed E-state index contributed by atoms with van der Waals surface area (Å²) in [4.78, 5) is 37.5. The molecule has 3 aromatic rings. The number of nitrogens with one attached hydrogen (secondary N) is 3. The van der Waals surface area contributed by atoms with E-state index in [0.717, 1.165) is 11.3 Å². The third kappa shape index (κ3) is 3.63. The molecule has 0 fully saturated rings. The van der Waals surface area contributed by atoms with Crippen molar-refractivity contribution in [2.45, 2.75) is 60.5 Å². The number of hydrogen-bond donors (Lipinski definition) is 3. The number of carbonyl (C=O) groups excluding carboxylic acids is 1. The summed E-state index contributed by atoms with van der Waals surface area (Å²) in [6.45, 7) is 13.3. The Kier molecular flexibility index (Phi) is 5.22. The molecule has 4 rings (SSSR count). The predicted octanol–water partition coefficient (Wildman–Crippen LogP) is 4.69. The van der Waals surface area contributed by atoms with Crippen molar-refractivity contribution in [3.8, 4) is 0 Å². The highest BCUT2D eigenvalue weighted by molar-refractivity contribution is 6.05. The molecule has 174 valence electrons. The SMILES string of the molecule is Cc1cc([C@H](Nc2c(Nc3c(F)cc(C)c4c3C(=O)N[C@H]4C)c(=O)c2=O)C(C)(C)C)oc1C. The summed E-state index contributed by atoms with van der Waals surface area (Å²) in [6.07, 6.45) is 0. The first-order chi connectivity index (χ1) is 15.3. The molecule has 0 saturated heterocycles. The molecule has 3 N–H and O–H groups in total. The van der Waals surface area contributed by atoms with Crippen molar-refractivity contribution in [3.63, 3.8) is 0 Å². The lowest BCUT2D eigenvalue weighted by Crippen LogP contribution is -2.39. The molecule has 2 atom stereocenters. The molecule has 7 nitrogen and oxygen atoms in total. The fourth-order valence-corrected chi connectivity index (χ4v) is 4.42. The standard InChI is InChI=1S/C25H28FN3O4/c1-10-9-15(33-13(10)4)23(25(5,6)7)29-20-19(21(30)22(20)31)28-18-14(26)8-11(2)16-12(3)27-24(32)17(16)18/h8-9,12,23,28-29H,1-7H3,(H,27,32)/t12-,23-/m0/s1. The summed E-state index contributed by atoms with van der Waals surface area (Å²) in [5.74, 6) is 0.304. The van der Waals surface area contributed by atoms with Crippen LogP contribution in [0.1, 0.15) is 78.3 Å². The second-order valence-electron chi connectivity index (χ2n) is 9.90. The molecule has 0 spiro atoms. The molecule has 1 aromatic heterocycles. The lowest BCUT2D eigenvalue weighted by molar-refractivity contribution is 0.0959. The Bertz CT molecular complexity index is 1340. The maximum atomic E-state index is 14.9. The van der Waals surface area contributed by atoms with Gasteiger partial charge in [0.15, 0.2) is 0 Å². The van der Waals surface area contributed by atoms with Crippen molar-refractivity contribution in [1.82, 2.24) is 5.32 Å². The zero-order valence-corrected chi connectivity index (χ0v) is 19.8. The smallest absolute Gasteiger partial charge is 0.254 e. The number of amides is 1. The highest BCUT2D eigenvalue weighted by atomic mass is 19.1. The van der Waals surface area contributed by atoms with E-state index in [1.54, 1.807) is 6.92 Å². The van der Waals surface area contributed by atoms with Gasteiger partial charge < -0.3 is 20.4 Å². The van der Waals surface area contributed by atoms with Gasteiger partial charge in [-0.15, -0.1) is 0 Å². The fourth-order valence-electron chi connectivity index (χ4n) is 4.42. The van der Waals surface area contributed by atoms with Crippen LogP contribution in [-0.4, -0.2) is 5.91 Å². The van der Waals surface area contributed by atoms with E-state index in [9.17, 15) is 18.8 Å². The number of fused-ring (bicyclic) bond motifs is 1. The Hall–Kier alpha value is -3.42. The molecule has 0 bridgehead atoms. The molecule has 0 aliphatic carbocycles. The molecular formula is C25H28FN3O4. The van der Waals surface area contributed by atoms with E-state index in [2.05, 4.69) is 16.0 Å². The Morgan fingerprint density at radius 3 is 2.21 bits per heavy atom. The largest absolute Gasteiger partial charge is 0.464 e. The maximum absolute atomic E-state index is 14.9.